The van der Waals surface area contributed by atoms with Crippen LogP contribution in [0.4, 0.5) is 5.82 Å². The number of aromatic nitrogens is 2. The van der Waals surface area contributed by atoms with Gasteiger partial charge in [0, 0.05) is 18.0 Å². The molecule has 19 heavy (non-hydrogen) atoms. The van der Waals surface area contributed by atoms with E-state index in [-0.39, 0.29) is 5.41 Å². The third-order valence-corrected chi connectivity index (χ3v) is 3.83. The molecule has 1 N–H and O–H groups in total. The summed E-state index contributed by atoms with van der Waals surface area (Å²) in [4.78, 5) is 10.3. The molecule has 0 bridgehead atoms. The monoisotopic (exact) mass is 295 g/mol. The van der Waals surface area contributed by atoms with Crippen LogP contribution >= 0.6 is 22.9 Å². The summed E-state index contributed by atoms with van der Waals surface area (Å²) in [5.74, 6) is 1.70. The Morgan fingerprint density at radius 1 is 1.26 bits per heavy atom. The molecule has 0 aliphatic carbocycles. The molecule has 0 atom stereocenters. The smallest absolute Gasteiger partial charge is 0.136 e. The second-order valence-electron chi connectivity index (χ2n) is 5.35. The number of thiophene rings is 1. The number of anilines is 1. The maximum atomic E-state index is 6.00. The van der Waals surface area contributed by atoms with E-state index in [0.29, 0.717) is 0 Å². The Morgan fingerprint density at radius 2 is 2.00 bits per heavy atom. The van der Waals surface area contributed by atoms with Crippen molar-refractivity contribution in [3.8, 4) is 10.6 Å². The molecule has 0 aliphatic rings. The Balaban J connectivity index is 2.51. The van der Waals surface area contributed by atoms with Crippen LogP contribution in [0.15, 0.2) is 18.2 Å². The minimum Gasteiger partial charge on any atom is -0.370 e. The lowest BCUT2D eigenvalue weighted by molar-refractivity contribution is 0.547. The third-order valence-electron chi connectivity index (χ3n) is 2.58. The van der Waals surface area contributed by atoms with Gasteiger partial charge in [0.05, 0.1) is 14.9 Å². The van der Waals surface area contributed by atoms with Gasteiger partial charge in [-0.1, -0.05) is 32.4 Å². The van der Waals surface area contributed by atoms with E-state index in [1.54, 1.807) is 0 Å². The molecular formula is C14H18ClN3S. The van der Waals surface area contributed by atoms with Gasteiger partial charge in [-0.25, -0.2) is 9.97 Å². The lowest BCUT2D eigenvalue weighted by Crippen LogP contribution is -2.17. The van der Waals surface area contributed by atoms with E-state index in [2.05, 4.69) is 43.0 Å². The van der Waals surface area contributed by atoms with Crippen molar-refractivity contribution in [1.29, 1.82) is 0 Å². The molecule has 3 nitrogen and oxygen atoms in total. The average Bonchev–Trinajstić information content (AvgIpc) is 2.75. The fourth-order valence-corrected chi connectivity index (χ4v) is 2.64. The van der Waals surface area contributed by atoms with Crippen LogP contribution in [-0.2, 0) is 5.41 Å². The van der Waals surface area contributed by atoms with Gasteiger partial charge in [0.2, 0.25) is 0 Å². The predicted molar refractivity (Wildman–Crippen MR) is 83.2 cm³/mol. The summed E-state index contributed by atoms with van der Waals surface area (Å²) in [5.41, 5.74) is 0.842. The van der Waals surface area contributed by atoms with Crippen LogP contribution in [0, 0.1) is 0 Å². The summed E-state index contributed by atoms with van der Waals surface area (Å²) in [6.07, 6.45) is 0. The SMILES string of the molecule is CCNc1cc(-c2ccc(Cl)s2)nc(C(C)(C)C)n1. The van der Waals surface area contributed by atoms with Crippen molar-refractivity contribution in [1.82, 2.24) is 9.97 Å². The Hall–Kier alpha value is -1.13. The zero-order valence-corrected chi connectivity index (χ0v) is 13.2. The number of rotatable bonds is 3. The van der Waals surface area contributed by atoms with Crippen LogP contribution in [0.2, 0.25) is 4.34 Å². The summed E-state index contributed by atoms with van der Waals surface area (Å²) >= 11 is 7.53. The molecule has 0 amide bonds. The van der Waals surface area contributed by atoms with Gasteiger partial charge in [-0.2, -0.15) is 0 Å². The second-order valence-corrected chi connectivity index (χ2v) is 7.06. The van der Waals surface area contributed by atoms with E-state index < -0.39 is 0 Å². The first-order valence-corrected chi connectivity index (χ1v) is 7.48. The number of halogens is 1. The zero-order valence-electron chi connectivity index (χ0n) is 11.6. The number of nitrogens with zero attached hydrogens (tertiary/aromatic N) is 2. The molecule has 2 aromatic heterocycles. The number of nitrogens with one attached hydrogen (secondary N) is 1. The molecule has 0 aliphatic heterocycles. The van der Waals surface area contributed by atoms with Crippen molar-refractivity contribution < 1.29 is 0 Å². The van der Waals surface area contributed by atoms with Gasteiger partial charge < -0.3 is 5.32 Å². The topological polar surface area (TPSA) is 37.8 Å². The molecule has 0 saturated carbocycles. The standard InChI is InChI=1S/C14H18ClN3S/c1-5-16-12-8-9(10-6-7-11(15)19-10)17-13(18-12)14(2,3)4/h6-8H,5H2,1-4H3,(H,16,17,18). The maximum Gasteiger partial charge on any atom is 0.136 e. The molecule has 102 valence electrons. The van der Waals surface area contributed by atoms with Gasteiger partial charge >= 0.3 is 0 Å². The number of hydrogen-bond acceptors (Lipinski definition) is 4. The van der Waals surface area contributed by atoms with Crippen LogP contribution in [0.25, 0.3) is 10.6 Å². The van der Waals surface area contributed by atoms with Gasteiger partial charge in [-0.3, -0.25) is 0 Å². The Kier molecular flexibility index (Phi) is 4.11. The highest BCUT2D eigenvalue weighted by Crippen LogP contribution is 2.32. The van der Waals surface area contributed by atoms with Gasteiger partial charge in [-0.05, 0) is 19.1 Å². The van der Waals surface area contributed by atoms with E-state index in [4.69, 9.17) is 11.6 Å². The quantitative estimate of drug-likeness (QED) is 0.900. The molecule has 5 heteroatoms. The Bertz CT molecular complexity index is 572. The van der Waals surface area contributed by atoms with Gasteiger partial charge in [0.15, 0.2) is 0 Å². The molecule has 0 aromatic carbocycles. The van der Waals surface area contributed by atoms with E-state index in [1.807, 2.05) is 18.2 Å². The van der Waals surface area contributed by atoms with Crippen LogP contribution in [-0.4, -0.2) is 16.5 Å². The van der Waals surface area contributed by atoms with Crippen molar-refractivity contribution in [2.45, 2.75) is 33.1 Å². The summed E-state index contributed by atoms with van der Waals surface area (Å²) in [5, 5.41) is 3.26. The van der Waals surface area contributed by atoms with Gasteiger partial charge in [-0.15, -0.1) is 11.3 Å². The van der Waals surface area contributed by atoms with Crippen molar-refractivity contribution in [3.05, 3.63) is 28.4 Å². The van der Waals surface area contributed by atoms with E-state index in [0.717, 1.165) is 33.1 Å². The van der Waals surface area contributed by atoms with E-state index >= 15 is 0 Å². The zero-order chi connectivity index (χ0) is 14.0. The second kappa shape index (κ2) is 5.47. The summed E-state index contributed by atoms with van der Waals surface area (Å²) < 4.78 is 0.774. The average molecular weight is 296 g/mol. The first kappa shape index (κ1) is 14.3. The lowest BCUT2D eigenvalue weighted by atomic mass is 9.95. The minimum absolute atomic E-state index is 0.0821. The maximum absolute atomic E-state index is 6.00. The molecule has 2 rings (SSSR count). The van der Waals surface area contributed by atoms with Crippen molar-refractivity contribution in [3.63, 3.8) is 0 Å². The minimum atomic E-state index is -0.0821. The highest BCUT2D eigenvalue weighted by atomic mass is 35.5. The van der Waals surface area contributed by atoms with Crippen LogP contribution in [0.3, 0.4) is 0 Å². The number of hydrogen-bond donors (Lipinski definition) is 1. The van der Waals surface area contributed by atoms with E-state index in [1.165, 1.54) is 11.3 Å². The summed E-state index contributed by atoms with van der Waals surface area (Å²) in [6.45, 7) is 9.24. The van der Waals surface area contributed by atoms with Crippen LogP contribution in [0.5, 0.6) is 0 Å². The predicted octanol–water partition coefficient (Wildman–Crippen LogP) is 4.59. The lowest BCUT2D eigenvalue weighted by Gasteiger charge is -2.18. The molecular weight excluding hydrogens is 278 g/mol. The van der Waals surface area contributed by atoms with Crippen molar-refractivity contribution in [2.24, 2.45) is 0 Å². The normalized spacial score (nSPS) is 11.6. The molecule has 0 spiro atoms. The first-order valence-electron chi connectivity index (χ1n) is 6.29. The molecule has 0 fully saturated rings. The highest BCUT2D eigenvalue weighted by molar-refractivity contribution is 7.19. The highest BCUT2D eigenvalue weighted by Gasteiger charge is 2.19. The summed E-state index contributed by atoms with van der Waals surface area (Å²) in [7, 11) is 0. The molecule has 0 unspecified atom stereocenters. The fourth-order valence-electron chi connectivity index (χ4n) is 1.63. The first-order chi connectivity index (χ1) is 8.90. The van der Waals surface area contributed by atoms with Gasteiger partial charge in [0.25, 0.3) is 0 Å². The van der Waals surface area contributed by atoms with Crippen molar-refractivity contribution in [2.75, 3.05) is 11.9 Å². The van der Waals surface area contributed by atoms with Crippen LogP contribution in [0.1, 0.15) is 33.5 Å². The Labute approximate surface area is 123 Å². The van der Waals surface area contributed by atoms with Crippen molar-refractivity contribution >= 4 is 28.8 Å². The Morgan fingerprint density at radius 3 is 2.53 bits per heavy atom. The summed E-state index contributed by atoms with van der Waals surface area (Å²) in [6, 6.07) is 5.87. The fraction of sp³-hybridized carbons (Fsp3) is 0.429. The van der Waals surface area contributed by atoms with Crippen LogP contribution < -0.4 is 5.32 Å². The molecule has 0 saturated heterocycles. The largest absolute Gasteiger partial charge is 0.370 e. The molecule has 2 heterocycles. The third kappa shape index (κ3) is 3.45. The van der Waals surface area contributed by atoms with Gasteiger partial charge in [0.1, 0.15) is 11.6 Å². The molecule has 0 radical (unpaired) electrons. The van der Waals surface area contributed by atoms with E-state index in [9.17, 15) is 0 Å². The molecule has 2 aromatic rings.